The zero-order valence-electron chi connectivity index (χ0n) is 11.0. The smallest absolute Gasteiger partial charge is 0.228 e. The fraction of sp³-hybridized carbons (Fsp3) is 0.125. The van der Waals surface area contributed by atoms with Gasteiger partial charge in [-0.1, -0.05) is 29.8 Å². The molecule has 0 fully saturated rings. The Kier molecular flexibility index (Phi) is 3.48. The summed E-state index contributed by atoms with van der Waals surface area (Å²) in [6, 6.07) is 15.4. The summed E-state index contributed by atoms with van der Waals surface area (Å²) in [6.45, 7) is 2.03. The molecular weight excluding hydrogens is 270 g/mol. The van der Waals surface area contributed by atoms with Gasteiger partial charge in [-0.15, -0.1) is 11.3 Å². The van der Waals surface area contributed by atoms with Gasteiger partial charge in [-0.2, -0.15) is 0 Å². The summed E-state index contributed by atoms with van der Waals surface area (Å²) in [5.74, 6) is 0.608. The van der Waals surface area contributed by atoms with Gasteiger partial charge in [0.1, 0.15) is 5.75 Å². The number of para-hydroxylation sites is 1. The molecule has 0 atom stereocenters. The van der Waals surface area contributed by atoms with E-state index in [4.69, 9.17) is 4.74 Å². The number of fused-ring (bicyclic) bond motifs is 1. The molecule has 0 aliphatic carbocycles. The van der Waals surface area contributed by atoms with Gasteiger partial charge < -0.3 is 4.74 Å². The van der Waals surface area contributed by atoms with Crippen molar-refractivity contribution >= 4 is 27.3 Å². The molecule has 20 heavy (non-hydrogen) atoms. The zero-order valence-corrected chi connectivity index (χ0v) is 11.8. The number of ether oxygens (including phenoxy) is 1. The molecule has 3 aromatic rings. The molecule has 0 spiro atoms. The maximum atomic E-state index is 12.1. The monoisotopic (exact) mass is 283 g/mol. The number of thiazole rings is 1. The highest BCUT2D eigenvalue weighted by Gasteiger charge is 2.12. The van der Waals surface area contributed by atoms with Crippen molar-refractivity contribution in [2.45, 2.75) is 6.92 Å². The standard InChI is InChI=1S/C16H13NO2S/c1-11-6-8-12(9-7-11)19-10-14(18)16-17-13-4-2-3-5-15(13)20-16/h2-9H,10H2,1H3. The molecule has 0 amide bonds. The minimum atomic E-state index is -0.0909. The lowest BCUT2D eigenvalue weighted by Gasteiger charge is -2.04. The summed E-state index contributed by atoms with van der Waals surface area (Å²) in [4.78, 5) is 16.4. The molecule has 100 valence electrons. The van der Waals surface area contributed by atoms with E-state index in [9.17, 15) is 4.79 Å². The van der Waals surface area contributed by atoms with Crippen LogP contribution in [-0.4, -0.2) is 17.4 Å². The van der Waals surface area contributed by atoms with E-state index in [0.29, 0.717) is 10.8 Å². The van der Waals surface area contributed by atoms with Crippen molar-refractivity contribution in [1.82, 2.24) is 4.98 Å². The van der Waals surface area contributed by atoms with Gasteiger partial charge in [-0.3, -0.25) is 4.79 Å². The van der Waals surface area contributed by atoms with E-state index >= 15 is 0 Å². The van der Waals surface area contributed by atoms with Crippen LogP contribution in [0.4, 0.5) is 0 Å². The first-order chi connectivity index (χ1) is 9.72. The molecule has 1 heterocycles. The molecule has 0 saturated carbocycles. The van der Waals surface area contributed by atoms with Crippen molar-refractivity contribution < 1.29 is 9.53 Å². The predicted molar refractivity (Wildman–Crippen MR) is 80.6 cm³/mol. The number of Topliss-reactive ketones (excluding diaryl/α,β-unsaturated/α-hetero) is 1. The third-order valence-electron chi connectivity index (χ3n) is 2.92. The quantitative estimate of drug-likeness (QED) is 0.682. The van der Waals surface area contributed by atoms with Crippen LogP contribution in [0.3, 0.4) is 0 Å². The SMILES string of the molecule is Cc1ccc(OCC(=O)c2nc3ccccc3s2)cc1. The second-order valence-electron chi connectivity index (χ2n) is 4.51. The minimum absolute atomic E-state index is 0.0167. The van der Waals surface area contributed by atoms with Crippen LogP contribution >= 0.6 is 11.3 Å². The number of hydrogen-bond donors (Lipinski definition) is 0. The number of aryl methyl sites for hydroxylation is 1. The fourth-order valence-electron chi connectivity index (χ4n) is 1.84. The van der Waals surface area contributed by atoms with Crippen LogP contribution in [0.1, 0.15) is 15.4 Å². The number of nitrogens with zero attached hydrogens (tertiary/aromatic N) is 1. The summed E-state index contributed by atoms with van der Waals surface area (Å²) in [5, 5.41) is 0.498. The molecular formula is C16H13NO2S. The van der Waals surface area contributed by atoms with Crippen molar-refractivity contribution in [1.29, 1.82) is 0 Å². The highest BCUT2D eigenvalue weighted by atomic mass is 32.1. The van der Waals surface area contributed by atoms with Crippen LogP contribution in [0.25, 0.3) is 10.2 Å². The molecule has 4 heteroatoms. The van der Waals surface area contributed by atoms with Gasteiger partial charge in [0.2, 0.25) is 5.78 Å². The molecule has 3 rings (SSSR count). The molecule has 0 unspecified atom stereocenters. The van der Waals surface area contributed by atoms with E-state index in [1.807, 2.05) is 55.5 Å². The largest absolute Gasteiger partial charge is 0.485 e. The van der Waals surface area contributed by atoms with Gasteiger partial charge in [0.15, 0.2) is 11.6 Å². The van der Waals surface area contributed by atoms with Gasteiger partial charge in [0.25, 0.3) is 0 Å². The number of ketones is 1. The third-order valence-corrected chi connectivity index (χ3v) is 4.00. The van der Waals surface area contributed by atoms with Gasteiger partial charge in [0.05, 0.1) is 10.2 Å². The molecule has 0 aliphatic rings. The van der Waals surface area contributed by atoms with Gasteiger partial charge >= 0.3 is 0 Å². The Morgan fingerprint density at radius 2 is 1.90 bits per heavy atom. The normalized spacial score (nSPS) is 10.7. The molecule has 0 aliphatic heterocycles. The van der Waals surface area contributed by atoms with Crippen molar-refractivity contribution in [2.75, 3.05) is 6.61 Å². The number of aromatic nitrogens is 1. The lowest BCUT2D eigenvalue weighted by atomic mass is 10.2. The highest BCUT2D eigenvalue weighted by molar-refractivity contribution is 7.20. The van der Waals surface area contributed by atoms with E-state index in [-0.39, 0.29) is 12.4 Å². The lowest BCUT2D eigenvalue weighted by molar-refractivity contribution is 0.0921. The number of carbonyl (C=O) groups is 1. The minimum Gasteiger partial charge on any atom is -0.485 e. The Balaban J connectivity index is 1.71. The Hall–Kier alpha value is -2.20. The van der Waals surface area contributed by atoms with E-state index in [0.717, 1.165) is 15.8 Å². The van der Waals surface area contributed by atoms with Crippen LogP contribution in [0.5, 0.6) is 5.75 Å². The van der Waals surface area contributed by atoms with Gasteiger partial charge in [-0.25, -0.2) is 4.98 Å². The Morgan fingerprint density at radius 3 is 2.65 bits per heavy atom. The average Bonchev–Trinajstić information content (AvgIpc) is 2.90. The number of rotatable bonds is 4. The van der Waals surface area contributed by atoms with Crippen LogP contribution in [0.15, 0.2) is 48.5 Å². The second kappa shape index (κ2) is 5.43. The fourth-order valence-corrected chi connectivity index (χ4v) is 2.73. The third kappa shape index (κ3) is 2.70. The Morgan fingerprint density at radius 1 is 1.15 bits per heavy atom. The maximum Gasteiger partial charge on any atom is 0.228 e. The predicted octanol–water partition coefficient (Wildman–Crippen LogP) is 3.87. The summed E-state index contributed by atoms with van der Waals surface area (Å²) in [5.41, 5.74) is 2.02. The highest BCUT2D eigenvalue weighted by Crippen LogP contribution is 2.22. The lowest BCUT2D eigenvalue weighted by Crippen LogP contribution is -2.11. The van der Waals surface area contributed by atoms with Crippen LogP contribution in [0.2, 0.25) is 0 Å². The first-order valence-electron chi connectivity index (χ1n) is 6.30. The second-order valence-corrected chi connectivity index (χ2v) is 5.54. The first kappa shape index (κ1) is 12.8. The van der Waals surface area contributed by atoms with Crippen LogP contribution < -0.4 is 4.74 Å². The average molecular weight is 283 g/mol. The Bertz CT molecular complexity index is 714. The molecule has 3 nitrogen and oxygen atoms in total. The summed E-state index contributed by atoms with van der Waals surface area (Å²) >= 11 is 1.40. The zero-order chi connectivity index (χ0) is 13.9. The first-order valence-corrected chi connectivity index (χ1v) is 7.12. The summed E-state index contributed by atoms with van der Waals surface area (Å²) in [7, 11) is 0. The summed E-state index contributed by atoms with van der Waals surface area (Å²) in [6.07, 6.45) is 0. The Labute approximate surface area is 120 Å². The number of carbonyl (C=O) groups excluding carboxylic acids is 1. The van der Waals surface area contributed by atoms with Crippen molar-refractivity contribution in [2.24, 2.45) is 0 Å². The molecule has 0 radical (unpaired) electrons. The molecule has 0 bridgehead atoms. The van der Waals surface area contributed by atoms with E-state index < -0.39 is 0 Å². The van der Waals surface area contributed by atoms with E-state index in [1.165, 1.54) is 11.3 Å². The molecule has 1 aromatic heterocycles. The van der Waals surface area contributed by atoms with Crippen LogP contribution in [0, 0.1) is 6.92 Å². The van der Waals surface area contributed by atoms with Gasteiger partial charge in [0, 0.05) is 0 Å². The maximum absolute atomic E-state index is 12.1. The summed E-state index contributed by atoms with van der Waals surface area (Å²) < 4.78 is 6.51. The molecule has 2 aromatic carbocycles. The van der Waals surface area contributed by atoms with Crippen molar-refractivity contribution in [3.8, 4) is 5.75 Å². The van der Waals surface area contributed by atoms with E-state index in [2.05, 4.69) is 4.98 Å². The molecule has 0 N–H and O–H groups in total. The van der Waals surface area contributed by atoms with Crippen molar-refractivity contribution in [3.63, 3.8) is 0 Å². The van der Waals surface area contributed by atoms with E-state index in [1.54, 1.807) is 0 Å². The number of benzene rings is 2. The van der Waals surface area contributed by atoms with Crippen LogP contribution in [-0.2, 0) is 0 Å². The topological polar surface area (TPSA) is 39.2 Å². The van der Waals surface area contributed by atoms with Crippen molar-refractivity contribution in [3.05, 3.63) is 59.1 Å². The van der Waals surface area contributed by atoms with Gasteiger partial charge in [-0.05, 0) is 31.2 Å². The molecule has 0 saturated heterocycles. The number of hydrogen-bond acceptors (Lipinski definition) is 4.